The van der Waals surface area contributed by atoms with Gasteiger partial charge in [-0.25, -0.2) is 0 Å². The Balaban J connectivity index is 2.00. The van der Waals surface area contributed by atoms with Crippen molar-refractivity contribution in [3.05, 3.63) is 29.3 Å². The maximum Gasteiger partial charge on any atom is 0.320 e. The lowest BCUT2D eigenvalue weighted by Crippen LogP contribution is -2.39. The lowest BCUT2D eigenvalue weighted by Gasteiger charge is -2.11. The van der Waals surface area contributed by atoms with Crippen LogP contribution in [0, 0.1) is 0 Å². The van der Waals surface area contributed by atoms with Crippen molar-refractivity contribution >= 4 is 17.4 Å². The van der Waals surface area contributed by atoms with Gasteiger partial charge in [0.15, 0.2) is 5.78 Å². The second-order valence-electron chi connectivity index (χ2n) is 5.22. The van der Waals surface area contributed by atoms with Crippen LogP contribution in [0.15, 0.2) is 18.2 Å². The number of carboxylic acids is 1. The van der Waals surface area contributed by atoms with E-state index in [4.69, 9.17) is 5.11 Å². The van der Waals surface area contributed by atoms with Gasteiger partial charge in [0.2, 0.25) is 0 Å². The minimum atomic E-state index is -0.924. The van der Waals surface area contributed by atoms with E-state index in [2.05, 4.69) is 17.6 Å². The molecule has 0 saturated carbocycles. The fourth-order valence-corrected chi connectivity index (χ4v) is 2.45. The van der Waals surface area contributed by atoms with Crippen LogP contribution in [-0.2, 0) is 11.2 Å². The summed E-state index contributed by atoms with van der Waals surface area (Å²) in [5, 5.41) is 15.0. The predicted molar refractivity (Wildman–Crippen MR) is 77.3 cm³/mol. The minimum Gasteiger partial charge on any atom is -0.480 e. The summed E-state index contributed by atoms with van der Waals surface area (Å²) in [5.41, 5.74) is 2.86. The molecule has 5 heteroatoms. The van der Waals surface area contributed by atoms with Crippen LogP contribution in [0.5, 0.6) is 0 Å². The lowest BCUT2D eigenvalue weighted by molar-refractivity contribution is -0.139. The van der Waals surface area contributed by atoms with E-state index in [-0.39, 0.29) is 12.3 Å². The SMILES string of the molecule is CCC(NCC(=O)c1ccc2c(c1)CC(C)N2)C(=O)O. The molecule has 0 aromatic heterocycles. The van der Waals surface area contributed by atoms with Gasteiger partial charge in [0, 0.05) is 17.3 Å². The van der Waals surface area contributed by atoms with Gasteiger partial charge in [-0.15, -0.1) is 0 Å². The van der Waals surface area contributed by atoms with Gasteiger partial charge in [0.05, 0.1) is 6.54 Å². The summed E-state index contributed by atoms with van der Waals surface area (Å²) in [4.78, 5) is 23.0. The van der Waals surface area contributed by atoms with Crippen molar-refractivity contribution in [2.75, 3.05) is 11.9 Å². The van der Waals surface area contributed by atoms with Crippen molar-refractivity contribution in [3.63, 3.8) is 0 Å². The molecule has 1 aromatic carbocycles. The Morgan fingerprint density at radius 2 is 2.25 bits per heavy atom. The summed E-state index contributed by atoms with van der Waals surface area (Å²) in [5.74, 6) is -1.00. The molecule has 108 valence electrons. The Morgan fingerprint density at radius 3 is 2.90 bits per heavy atom. The largest absolute Gasteiger partial charge is 0.480 e. The average Bonchev–Trinajstić information content (AvgIpc) is 2.77. The molecule has 1 aromatic rings. The third-order valence-electron chi connectivity index (χ3n) is 3.57. The lowest BCUT2D eigenvalue weighted by atomic mass is 10.0. The number of aliphatic carboxylic acids is 1. The van der Waals surface area contributed by atoms with Crippen LogP contribution in [0.2, 0.25) is 0 Å². The molecule has 5 nitrogen and oxygen atoms in total. The Bertz CT molecular complexity index is 528. The molecule has 2 unspecified atom stereocenters. The van der Waals surface area contributed by atoms with E-state index >= 15 is 0 Å². The van der Waals surface area contributed by atoms with Crippen LogP contribution in [0.1, 0.15) is 36.2 Å². The van der Waals surface area contributed by atoms with Gasteiger partial charge in [-0.1, -0.05) is 6.92 Å². The molecule has 0 amide bonds. The molecule has 2 rings (SSSR count). The van der Waals surface area contributed by atoms with E-state index in [0.29, 0.717) is 18.0 Å². The number of fused-ring (bicyclic) bond motifs is 1. The second-order valence-corrected chi connectivity index (χ2v) is 5.22. The molecule has 1 heterocycles. The zero-order valence-corrected chi connectivity index (χ0v) is 11.8. The first-order valence-electron chi connectivity index (χ1n) is 6.90. The molecular formula is C15H20N2O3. The highest BCUT2D eigenvalue weighted by Gasteiger charge is 2.19. The van der Waals surface area contributed by atoms with Crippen molar-refractivity contribution in [2.45, 2.75) is 38.8 Å². The van der Waals surface area contributed by atoms with Crippen molar-refractivity contribution in [1.29, 1.82) is 0 Å². The molecule has 0 radical (unpaired) electrons. The van der Waals surface area contributed by atoms with E-state index in [1.165, 1.54) is 0 Å². The summed E-state index contributed by atoms with van der Waals surface area (Å²) in [6.07, 6.45) is 1.37. The van der Waals surface area contributed by atoms with Gasteiger partial charge in [0.1, 0.15) is 6.04 Å². The number of rotatable bonds is 6. The van der Waals surface area contributed by atoms with Crippen LogP contribution in [0.3, 0.4) is 0 Å². The fraction of sp³-hybridized carbons (Fsp3) is 0.467. The molecule has 0 aliphatic carbocycles. The third-order valence-corrected chi connectivity index (χ3v) is 3.57. The molecule has 1 aliphatic rings. The van der Waals surface area contributed by atoms with Crippen LogP contribution in [0.4, 0.5) is 5.69 Å². The van der Waals surface area contributed by atoms with Gasteiger partial charge in [-0.2, -0.15) is 0 Å². The first-order chi connectivity index (χ1) is 9.51. The maximum absolute atomic E-state index is 12.1. The molecular weight excluding hydrogens is 256 g/mol. The predicted octanol–water partition coefficient (Wildman–Crippen LogP) is 1.68. The standard InChI is InChI=1S/C15H20N2O3/c1-3-12(15(19)20)16-8-14(18)10-4-5-13-11(7-10)6-9(2)17-13/h4-5,7,9,12,16-17H,3,6,8H2,1-2H3,(H,19,20). The summed E-state index contributed by atoms with van der Waals surface area (Å²) >= 11 is 0. The van der Waals surface area contributed by atoms with Crippen LogP contribution in [-0.4, -0.2) is 35.5 Å². The van der Waals surface area contributed by atoms with Crippen molar-refractivity contribution in [3.8, 4) is 0 Å². The molecule has 1 aliphatic heterocycles. The molecule has 20 heavy (non-hydrogen) atoms. The molecule has 0 saturated heterocycles. The highest BCUT2D eigenvalue weighted by molar-refractivity contribution is 5.98. The average molecular weight is 276 g/mol. The highest BCUT2D eigenvalue weighted by Crippen LogP contribution is 2.26. The summed E-state index contributed by atoms with van der Waals surface area (Å²) in [6, 6.07) is 5.33. The maximum atomic E-state index is 12.1. The molecule has 0 spiro atoms. The summed E-state index contributed by atoms with van der Waals surface area (Å²) in [7, 11) is 0. The fourth-order valence-electron chi connectivity index (χ4n) is 2.45. The van der Waals surface area contributed by atoms with Crippen molar-refractivity contribution < 1.29 is 14.7 Å². The number of benzene rings is 1. The number of hydrogen-bond acceptors (Lipinski definition) is 4. The highest BCUT2D eigenvalue weighted by atomic mass is 16.4. The Morgan fingerprint density at radius 1 is 1.50 bits per heavy atom. The zero-order valence-electron chi connectivity index (χ0n) is 11.8. The van der Waals surface area contributed by atoms with Gasteiger partial charge in [0.25, 0.3) is 0 Å². The quantitative estimate of drug-likeness (QED) is 0.689. The van der Waals surface area contributed by atoms with Crippen LogP contribution >= 0.6 is 0 Å². The smallest absolute Gasteiger partial charge is 0.320 e. The first-order valence-corrected chi connectivity index (χ1v) is 6.90. The summed E-state index contributed by atoms with van der Waals surface area (Å²) < 4.78 is 0. The number of carbonyl (C=O) groups is 2. The van der Waals surface area contributed by atoms with Gasteiger partial charge < -0.3 is 10.4 Å². The topological polar surface area (TPSA) is 78.4 Å². The number of hydrogen-bond donors (Lipinski definition) is 3. The number of carboxylic acid groups (broad SMARTS) is 1. The Labute approximate surface area is 118 Å². The second kappa shape index (κ2) is 6.05. The Hall–Kier alpha value is -1.88. The van der Waals surface area contributed by atoms with E-state index in [1.54, 1.807) is 13.0 Å². The molecule has 3 N–H and O–H groups in total. The number of carbonyl (C=O) groups excluding carboxylic acids is 1. The van der Waals surface area contributed by atoms with Gasteiger partial charge in [-0.05, 0) is 43.5 Å². The number of nitrogens with one attached hydrogen (secondary N) is 2. The first kappa shape index (κ1) is 14.5. The van der Waals surface area contributed by atoms with E-state index in [9.17, 15) is 9.59 Å². The van der Waals surface area contributed by atoms with Crippen LogP contribution < -0.4 is 10.6 Å². The minimum absolute atomic E-state index is 0.0482. The number of ketones is 1. The number of Topliss-reactive ketones (excluding diaryl/α,β-unsaturated/α-hetero) is 1. The zero-order chi connectivity index (χ0) is 14.7. The van der Waals surface area contributed by atoms with Gasteiger partial charge in [-0.3, -0.25) is 14.9 Å². The normalized spacial score (nSPS) is 18.2. The van der Waals surface area contributed by atoms with E-state index < -0.39 is 12.0 Å². The molecule has 2 atom stereocenters. The summed E-state index contributed by atoms with van der Waals surface area (Å²) in [6.45, 7) is 3.92. The van der Waals surface area contributed by atoms with Crippen LogP contribution in [0.25, 0.3) is 0 Å². The van der Waals surface area contributed by atoms with Crippen molar-refractivity contribution in [2.24, 2.45) is 0 Å². The monoisotopic (exact) mass is 276 g/mol. The van der Waals surface area contributed by atoms with E-state index in [0.717, 1.165) is 17.7 Å². The Kier molecular flexibility index (Phi) is 4.39. The number of anilines is 1. The van der Waals surface area contributed by atoms with E-state index in [1.807, 2.05) is 12.1 Å². The van der Waals surface area contributed by atoms with Gasteiger partial charge >= 0.3 is 5.97 Å². The molecule has 0 fully saturated rings. The third kappa shape index (κ3) is 3.17. The van der Waals surface area contributed by atoms with Crippen molar-refractivity contribution in [1.82, 2.24) is 5.32 Å². The molecule has 0 bridgehead atoms.